The van der Waals surface area contributed by atoms with Gasteiger partial charge in [-0.05, 0) is 136 Å². The fraction of sp³-hybridized carbons (Fsp3) is 0.474. The van der Waals surface area contributed by atoms with Crippen LogP contribution in [-0.2, 0) is 0 Å². The van der Waals surface area contributed by atoms with Crippen LogP contribution >= 0.6 is 46.4 Å². The summed E-state index contributed by atoms with van der Waals surface area (Å²) in [7, 11) is 0. The van der Waals surface area contributed by atoms with Gasteiger partial charge in [0, 0.05) is 71.8 Å². The molecular weight excluding hydrogens is 682 g/mol. The fourth-order valence-corrected chi connectivity index (χ4v) is 7.70. The van der Waals surface area contributed by atoms with Gasteiger partial charge in [0.15, 0.2) is 0 Å². The topological polar surface area (TPSA) is 63.8 Å². The maximum atomic E-state index is 6.10. The lowest BCUT2D eigenvalue weighted by atomic mass is 9.98. The zero-order valence-electron chi connectivity index (χ0n) is 28.7. The summed E-state index contributed by atoms with van der Waals surface area (Å²) in [5.41, 5.74) is 15.6. The Morgan fingerprint density at radius 3 is 1.38 bits per heavy atom. The van der Waals surface area contributed by atoms with Crippen LogP contribution in [0.5, 0.6) is 0 Å². The van der Waals surface area contributed by atoms with Crippen LogP contribution < -0.4 is 0 Å². The Balaban J connectivity index is 1.63. The minimum absolute atomic E-state index is 0.601. The highest BCUT2D eigenvalue weighted by atomic mass is 35.5. The maximum absolute atomic E-state index is 6.10. The summed E-state index contributed by atoms with van der Waals surface area (Å²) in [6.07, 6.45) is 3.80. The molecule has 2 aliphatic rings. The molecule has 3 aromatic rings. The Hall–Kier alpha value is -2.32. The summed E-state index contributed by atoms with van der Waals surface area (Å²) in [5, 5.41) is 0. The van der Waals surface area contributed by atoms with Crippen molar-refractivity contribution >= 4 is 90.8 Å². The molecule has 3 aromatic heterocycles. The number of alkyl halides is 4. The van der Waals surface area contributed by atoms with Crippen LogP contribution in [0, 0.1) is 13.8 Å². The van der Waals surface area contributed by atoms with Crippen molar-refractivity contribution in [2.24, 2.45) is 0 Å². The Morgan fingerprint density at radius 1 is 0.500 bits per heavy atom. The molecule has 0 unspecified atom stereocenters. The molecule has 0 atom stereocenters. The normalized spacial score (nSPS) is 13.5. The molecule has 0 spiro atoms. The van der Waals surface area contributed by atoms with Crippen LogP contribution in [0.15, 0.2) is 36.4 Å². The Bertz CT molecular complexity index is 1790. The molecule has 0 aromatic carbocycles. The summed E-state index contributed by atoms with van der Waals surface area (Å²) < 4.78 is 0. The van der Waals surface area contributed by atoms with E-state index in [9.17, 15) is 0 Å². The van der Waals surface area contributed by atoms with Crippen molar-refractivity contribution < 1.29 is 0 Å². The number of aromatic nitrogens is 4. The van der Waals surface area contributed by atoms with Gasteiger partial charge < -0.3 is 19.8 Å². The highest BCUT2D eigenvalue weighted by Gasteiger charge is 2.22. The van der Waals surface area contributed by atoms with Gasteiger partial charge in [0.1, 0.15) is 0 Å². The highest BCUT2D eigenvalue weighted by molar-refractivity contribution is 6.18. The summed E-state index contributed by atoms with van der Waals surface area (Å²) in [5.74, 6) is 2.40. The zero-order valence-corrected chi connectivity index (χ0v) is 31.7. The number of nitrogens with one attached hydrogen (secondary N) is 2. The summed E-state index contributed by atoms with van der Waals surface area (Å²) >= 11 is 24.4. The molecule has 0 radical (unpaired) electrons. The van der Waals surface area contributed by atoms with Crippen LogP contribution in [0.4, 0.5) is 0 Å². The molecule has 6 nitrogen and oxygen atoms in total. The number of allylic oxidation sites excluding steroid dienone is 4. The molecule has 48 heavy (non-hydrogen) atoms. The Kier molecular flexibility index (Phi) is 13.5. The van der Waals surface area contributed by atoms with E-state index in [0.29, 0.717) is 23.5 Å². The van der Waals surface area contributed by atoms with E-state index in [0.717, 1.165) is 110 Å². The summed E-state index contributed by atoms with van der Waals surface area (Å²) in [6.45, 7) is 13.9. The highest BCUT2D eigenvalue weighted by Crippen LogP contribution is 2.37. The summed E-state index contributed by atoms with van der Waals surface area (Å²) in [6, 6.07) is 13.2. The number of H-pyrrole nitrogens is 2. The lowest BCUT2D eigenvalue weighted by molar-refractivity contribution is 0.305. The van der Waals surface area contributed by atoms with Crippen molar-refractivity contribution in [1.82, 2.24) is 29.7 Å². The van der Waals surface area contributed by atoms with Gasteiger partial charge in [0.2, 0.25) is 0 Å². The first-order valence-electron chi connectivity index (χ1n) is 17.0. The Morgan fingerprint density at radius 2 is 0.917 bits per heavy atom. The number of nitrogens with zero attached hydrogens (tertiary/aromatic N) is 4. The van der Waals surface area contributed by atoms with E-state index in [-0.39, 0.29) is 0 Å². The monoisotopic (exact) mass is 728 g/mol. The largest absolute Gasteiger partial charge is 0.355 e. The van der Waals surface area contributed by atoms with Gasteiger partial charge in [-0.25, -0.2) is 9.97 Å². The summed E-state index contributed by atoms with van der Waals surface area (Å²) in [4.78, 5) is 22.5. The minimum Gasteiger partial charge on any atom is -0.355 e. The van der Waals surface area contributed by atoms with Crippen LogP contribution in [0.1, 0.15) is 73.4 Å². The van der Waals surface area contributed by atoms with Gasteiger partial charge in [-0.2, -0.15) is 0 Å². The number of aryl methyl sites for hydroxylation is 2. The average Bonchev–Trinajstić information content (AvgIpc) is 3.75. The van der Waals surface area contributed by atoms with E-state index in [2.05, 4.69) is 83.9 Å². The van der Waals surface area contributed by atoms with Gasteiger partial charge in [0.05, 0.1) is 22.8 Å². The van der Waals surface area contributed by atoms with Crippen LogP contribution in [0.3, 0.4) is 0 Å². The standard InChI is InChI=1S/C38H48Cl4N6/c1-25-19-30-22-35-27(3)31(7-5-13-47(15-9-39)16-10-40)37(45-35)24-38-32(8-6-14-48(17-11-41)18-12-42)28(4)36(46-38)23-34-26(2)20-29(44-34)21-33(25)43-30/h19-24,43-44H,5-18H2,1-4H3. The predicted octanol–water partition coefficient (Wildman–Crippen LogP) is 9.91. The molecule has 2 N–H and O–H groups in total. The van der Waals surface area contributed by atoms with Gasteiger partial charge in [-0.3, -0.25) is 0 Å². The third-order valence-corrected chi connectivity index (χ3v) is 10.2. The molecule has 0 aliphatic carbocycles. The molecular formula is C38H48Cl4N6. The van der Waals surface area contributed by atoms with Crippen molar-refractivity contribution in [3.05, 3.63) is 70.3 Å². The lowest BCUT2D eigenvalue weighted by Crippen LogP contribution is -2.29. The van der Waals surface area contributed by atoms with Crippen molar-refractivity contribution in [2.45, 2.75) is 53.4 Å². The number of rotatable bonds is 16. The zero-order chi connectivity index (χ0) is 34.2. The number of hydrogen-bond donors (Lipinski definition) is 2. The number of hydrogen-bond acceptors (Lipinski definition) is 4. The lowest BCUT2D eigenvalue weighted by Gasteiger charge is -2.20. The first kappa shape index (κ1) is 36.9. The maximum Gasteiger partial charge on any atom is 0.0694 e. The molecule has 2 aliphatic heterocycles. The minimum atomic E-state index is 0.601. The van der Waals surface area contributed by atoms with Crippen molar-refractivity contribution in [3.8, 4) is 0 Å². The van der Waals surface area contributed by atoms with Crippen LogP contribution in [0.25, 0.3) is 44.4 Å². The quantitative estimate of drug-likeness (QED) is 0.144. The molecule has 8 bridgehead atoms. The van der Waals surface area contributed by atoms with E-state index < -0.39 is 0 Å². The molecule has 0 saturated carbocycles. The van der Waals surface area contributed by atoms with Crippen LogP contribution in [0.2, 0.25) is 0 Å². The van der Waals surface area contributed by atoms with Crippen molar-refractivity contribution in [1.29, 1.82) is 0 Å². The molecule has 10 heteroatoms. The molecule has 258 valence electrons. The molecule has 0 saturated heterocycles. The smallest absolute Gasteiger partial charge is 0.0694 e. The van der Waals surface area contributed by atoms with E-state index in [1.165, 1.54) is 33.4 Å². The van der Waals surface area contributed by atoms with E-state index >= 15 is 0 Å². The number of fused-ring (bicyclic) bond motifs is 8. The average molecular weight is 731 g/mol. The third-order valence-electron chi connectivity index (χ3n) is 9.48. The molecule has 0 fully saturated rings. The van der Waals surface area contributed by atoms with Crippen molar-refractivity contribution in [3.63, 3.8) is 0 Å². The molecule has 5 heterocycles. The third kappa shape index (κ3) is 9.07. The number of halogens is 4. The fourth-order valence-electron chi connectivity index (χ4n) is 6.74. The van der Waals surface area contributed by atoms with E-state index in [1.807, 2.05) is 0 Å². The van der Waals surface area contributed by atoms with Gasteiger partial charge >= 0.3 is 0 Å². The van der Waals surface area contributed by atoms with Crippen LogP contribution in [-0.4, -0.2) is 92.5 Å². The first-order chi connectivity index (χ1) is 23.2. The second-order valence-corrected chi connectivity index (χ2v) is 14.3. The first-order valence-corrected chi connectivity index (χ1v) is 19.2. The predicted molar refractivity (Wildman–Crippen MR) is 210 cm³/mol. The second-order valence-electron chi connectivity index (χ2n) is 12.8. The molecule has 5 rings (SSSR count). The van der Waals surface area contributed by atoms with Gasteiger partial charge in [-0.1, -0.05) is 0 Å². The second kappa shape index (κ2) is 17.6. The SMILES string of the molecule is CC1=C(CCCN(CCCl)CCCl)c2cc3nc(cc4[nH]c(cc4C)cc4[nH]c(cc1n2)cc4C)C(C)=C3CCCN(CCCl)CCCl. The van der Waals surface area contributed by atoms with Crippen molar-refractivity contribution in [2.75, 3.05) is 62.8 Å². The van der Waals surface area contributed by atoms with E-state index in [1.54, 1.807) is 0 Å². The molecule has 0 amide bonds. The Labute approximate surface area is 305 Å². The number of aromatic amines is 2. The van der Waals surface area contributed by atoms with Gasteiger partial charge in [0.25, 0.3) is 0 Å². The van der Waals surface area contributed by atoms with E-state index in [4.69, 9.17) is 56.4 Å². The van der Waals surface area contributed by atoms with Gasteiger partial charge in [-0.15, -0.1) is 46.4 Å².